The molecule has 1 aliphatic heterocycles. The normalized spacial score (nSPS) is 22.3. The Labute approximate surface area is 129 Å². The minimum absolute atomic E-state index is 0.0357. The first-order valence-electron chi connectivity index (χ1n) is 6.50. The number of halogens is 4. The molecule has 1 saturated heterocycles. The molecule has 1 atom stereocenters. The molecule has 1 amide bonds. The Morgan fingerprint density at radius 2 is 2.19 bits per heavy atom. The first-order valence-corrected chi connectivity index (χ1v) is 7.29. The molecule has 1 heterocycles. The highest BCUT2D eigenvalue weighted by Crippen LogP contribution is 2.32. The van der Waals surface area contributed by atoms with E-state index in [9.17, 15) is 18.0 Å². The summed E-state index contributed by atoms with van der Waals surface area (Å²) in [5, 5.41) is 2.64. The maximum Gasteiger partial charge on any atom is 0.416 e. The molecule has 1 fully saturated rings. The van der Waals surface area contributed by atoms with Gasteiger partial charge in [0.15, 0.2) is 0 Å². The molecule has 7 heteroatoms. The smallest absolute Gasteiger partial charge is 0.373 e. The van der Waals surface area contributed by atoms with Crippen molar-refractivity contribution in [3.8, 4) is 0 Å². The van der Waals surface area contributed by atoms with E-state index in [1.807, 2.05) is 6.92 Å². The van der Waals surface area contributed by atoms with E-state index < -0.39 is 23.2 Å². The Bertz CT molecular complexity index is 540. The molecule has 1 aliphatic rings. The largest absolute Gasteiger partial charge is 0.416 e. The Hall–Kier alpha value is -1.08. The molecular weight excluding hydrogens is 351 g/mol. The summed E-state index contributed by atoms with van der Waals surface area (Å²) in [5.74, 6) is -0.551. The Morgan fingerprint density at radius 3 is 2.76 bits per heavy atom. The van der Waals surface area contributed by atoms with E-state index in [4.69, 9.17) is 4.74 Å². The van der Waals surface area contributed by atoms with Gasteiger partial charge in [-0.15, -0.1) is 0 Å². The molecule has 0 spiro atoms. The van der Waals surface area contributed by atoms with Crippen LogP contribution < -0.4 is 5.32 Å². The van der Waals surface area contributed by atoms with E-state index in [-0.39, 0.29) is 12.1 Å². The van der Waals surface area contributed by atoms with E-state index in [2.05, 4.69) is 21.2 Å². The van der Waals surface area contributed by atoms with Crippen LogP contribution in [0.5, 0.6) is 0 Å². The summed E-state index contributed by atoms with van der Waals surface area (Å²) < 4.78 is 43.9. The number of amides is 1. The van der Waals surface area contributed by atoms with Gasteiger partial charge in [-0.3, -0.25) is 4.79 Å². The van der Waals surface area contributed by atoms with Gasteiger partial charge in [0.2, 0.25) is 0 Å². The van der Waals surface area contributed by atoms with Crippen molar-refractivity contribution in [2.75, 3.05) is 13.2 Å². The quantitative estimate of drug-likeness (QED) is 0.885. The maximum absolute atomic E-state index is 12.7. The van der Waals surface area contributed by atoms with Gasteiger partial charge in [0.05, 0.1) is 16.7 Å². The van der Waals surface area contributed by atoms with Gasteiger partial charge >= 0.3 is 6.18 Å². The van der Waals surface area contributed by atoms with Crippen molar-refractivity contribution < 1.29 is 22.7 Å². The molecule has 0 radical (unpaired) electrons. The highest BCUT2D eigenvalue weighted by Gasteiger charge is 2.33. The maximum atomic E-state index is 12.7. The topological polar surface area (TPSA) is 38.3 Å². The predicted octanol–water partition coefficient (Wildman–Crippen LogP) is 3.77. The van der Waals surface area contributed by atoms with Crippen LogP contribution in [0.3, 0.4) is 0 Å². The fourth-order valence-electron chi connectivity index (χ4n) is 2.21. The highest BCUT2D eigenvalue weighted by atomic mass is 79.9. The minimum Gasteiger partial charge on any atom is -0.373 e. The number of carbonyl (C=O) groups is 1. The summed E-state index contributed by atoms with van der Waals surface area (Å²) in [5.41, 5.74) is -1.32. The molecule has 0 aliphatic carbocycles. The van der Waals surface area contributed by atoms with E-state index in [1.54, 1.807) is 0 Å². The second kappa shape index (κ2) is 5.96. The van der Waals surface area contributed by atoms with Crippen molar-refractivity contribution in [1.29, 1.82) is 0 Å². The molecule has 1 unspecified atom stereocenters. The first kappa shape index (κ1) is 16.3. The average molecular weight is 366 g/mol. The lowest BCUT2D eigenvalue weighted by Crippen LogP contribution is -2.40. The zero-order valence-electron chi connectivity index (χ0n) is 11.4. The second-order valence-corrected chi connectivity index (χ2v) is 6.13. The molecule has 116 valence electrons. The number of nitrogens with one attached hydrogen (secondary N) is 1. The molecule has 2 rings (SSSR count). The van der Waals surface area contributed by atoms with Gasteiger partial charge < -0.3 is 10.1 Å². The summed E-state index contributed by atoms with van der Waals surface area (Å²) in [7, 11) is 0. The number of hydrogen-bond donors (Lipinski definition) is 1. The van der Waals surface area contributed by atoms with Crippen LogP contribution in [0.15, 0.2) is 22.7 Å². The number of rotatable bonds is 3. The lowest BCUT2D eigenvalue weighted by molar-refractivity contribution is -0.137. The average Bonchev–Trinajstić information content (AvgIpc) is 2.83. The molecule has 1 aromatic rings. The third-order valence-electron chi connectivity index (χ3n) is 3.46. The van der Waals surface area contributed by atoms with Gasteiger partial charge in [-0.2, -0.15) is 13.2 Å². The van der Waals surface area contributed by atoms with E-state index >= 15 is 0 Å². The fourth-order valence-corrected chi connectivity index (χ4v) is 2.64. The van der Waals surface area contributed by atoms with Gasteiger partial charge in [-0.05, 0) is 53.9 Å². The highest BCUT2D eigenvalue weighted by molar-refractivity contribution is 9.10. The summed E-state index contributed by atoms with van der Waals surface area (Å²) >= 11 is 3.11. The van der Waals surface area contributed by atoms with Gasteiger partial charge in [0, 0.05) is 17.6 Å². The standard InChI is InChI=1S/C14H15BrF3NO2/c1-13(5-2-6-21-13)8-19-12(20)10-7-9(14(16,17)18)3-4-11(10)15/h3-4,7H,2,5-6,8H2,1H3,(H,19,20). The third-order valence-corrected chi connectivity index (χ3v) is 4.15. The Balaban J connectivity index is 2.11. The van der Waals surface area contributed by atoms with Crippen molar-refractivity contribution in [2.24, 2.45) is 0 Å². The number of alkyl halides is 3. The number of benzene rings is 1. The zero-order valence-corrected chi connectivity index (χ0v) is 13.0. The lowest BCUT2D eigenvalue weighted by Gasteiger charge is -2.23. The van der Waals surface area contributed by atoms with E-state index in [0.717, 1.165) is 25.0 Å². The van der Waals surface area contributed by atoms with Gasteiger partial charge in [-0.25, -0.2) is 0 Å². The van der Waals surface area contributed by atoms with E-state index in [0.29, 0.717) is 11.1 Å². The van der Waals surface area contributed by atoms with Crippen molar-refractivity contribution >= 4 is 21.8 Å². The van der Waals surface area contributed by atoms with Crippen LogP contribution in [-0.4, -0.2) is 24.7 Å². The number of hydrogen-bond acceptors (Lipinski definition) is 2. The van der Waals surface area contributed by atoms with Crippen molar-refractivity contribution in [2.45, 2.75) is 31.5 Å². The predicted molar refractivity (Wildman–Crippen MR) is 75.1 cm³/mol. The van der Waals surface area contributed by atoms with Crippen LogP contribution in [0.25, 0.3) is 0 Å². The van der Waals surface area contributed by atoms with Crippen LogP contribution in [0.2, 0.25) is 0 Å². The summed E-state index contributed by atoms with van der Waals surface area (Å²) in [4.78, 5) is 12.1. The molecule has 0 aromatic heterocycles. The fraction of sp³-hybridized carbons (Fsp3) is 0.500. The van der Waals surface area contributed by atoms with Crippen molar-refractivity contribution in [3.05, 3.63) is 33.8 Å². The zero-order chi connectivity index (χ0) is 15.7. The molecule has 3 nitrogen and oxygen atoms in total. The second-order valence-electron chi connectivity index (χ2n) is 5.28. The summed E-state index contributed by atoms with van der Waals surface area (Å²) in [6, 6.07) is 3.00. The van der Waals surface area contributed by atoms with Crippen LogP contribution >= 0.6 is 15.9 Å². The first-order chi connectivity index (χ1) is 9.71. The van der Waals surface area contributed by atoms with Crippen LogP contribution in [0, 0.1) is 0 Å². The van der Waals surface area contributed by atoms with Crippen LogP contribution in [0.1, 0.15) is 35.7 Å². The van der Waals surface area contributed by atoms with Gasteiger partial charge in [0.25, 0.3) is 5.91 Å². The number of carbonyl (C=O) groups excluding carboxylic acids is 1. The number of ether oxygens (including phenoxy) is 1. The summed E-state index contributed by atoms with van der Waals surface area (Å²) in [6.45, 7) is 2.79. The molecule has 1 N–H and O–H groups in total. The van der Waals surface area contributed by atoms with Crippen molar-refractivity contribution in [3.63, 3.8) is 0 Å². The third kappa shape index (κ3) is 3.97. The Kier molecular flexibility index (Phi) is 4.63. The van der Waals surface area contributed by atoms with Crippen molar-refractivity contribution in [1.82, 2.24) is 5.32 Å². The molecule has 0 saturated carbocycles. The van der Waals surface area contributed by atoms with E-state index in [1.165, 1.54) is 6.07 Å². The molecule has 1 aromatic carbocycles. The Morgan fingerprint density at radius 1 is 1.48 bits per heavy atom. The monoisotopic (exact) mass is 365 g/mol. The molecule has 0 bridgehead atoms. The van der Waals surface area contributed by atoms with Crippen LogP contribution in [-0.2, 0) is 10.9 Å². The minimum atomic E-state index is -4.48. The van der Waals surface area contributed by atoms with Gasteiger partial charge in [0.1, 0.15) is 0 Å². The molecular formula is C14H15BrF3NO2. The lowest BCUT2D eigenvalue weighted by atomic mass is 10.0. The summed E-state index contributed by atoms with van der Waals surface area (Å²) in [6.07, 6.45) is -2.74. The van der Waals surface area contributed by atoms with Crippen LogP contribution in [0.4, 0.5) is 13.2 Å². The SMILES string of the molecule is CC1(CNC(=O)c2cc(C(F)(F)F)ccc2Br)CCCO1. The van der Waals surface area contributed by atoms with Gasteiger partial charge in [-0.1, -0.05) is 0 Å². The molecule has 21 heavy (non-hydrogen) atoms.